The Bertz CT molecular complexity index is 2300. The molecule has 0 N–H and O–H groups in total. The average Bonchev–Trinajstić information content (AvgIpc) is 3.31. The van der Waals surface area contributed by atoms with E-state index in [2.05, 4.69) is 129 Å². The molecule has 1 aliphatic carbocycles. The van der Waals surface area contributed by atoms with Crippen molar-refractivity contribution in [2.45, 2.75) is 19.3 Å². The zero-order valence-corrected chi connectivity index (χ0v) is 25.0. The summed E-state index contributed by atoms with van der Waals surface area (Å²) in [5.74, 6) is 2.96. The second kappa shape index (κ2) is 9.67. The topological polar surface area (TPSA) is 31.4 Å². The number of ether oxygens (including phenoxy) is 2. The molecule has 0 amide bonds. The van der Waals surface area contributed by atoms with Crippen molar-refractivity contribution in [1.29, 1.82) is 0 Å². The summed E-state index contributed by atoms with van der Waals surface area (Å²) >= 11 is 0. The predicted molar refractivity (Wildman–Crippen MR) is 182 cm³/mol. The summed E-state index contributed by atoms with van der Waals surface area (Å²) in [7, 11) is 0. The Labute approximate surface area is 262 Å². The first-order valence-corrected chi connectivity index (χ1v) is 15.4. The second-order valence-electron chi connectivity index (χ2n) is 12.4. The largest absolute Gasteiger partial charge is 0.449 e. The minimum atomic E-state index is -0.104. The molecule has 3 nitrogen and oxygen atoms in total. The van der Waals surface area contributed by atoms with E-state index >= 15 is 0 Å². The molecule has 0 radical (unpaired) electrons. The van der Waals surface area contributed by atoms with Gasteiger partial charge < -0.3 is 9.47 Å². The summed E-state index contributed by atoms with van der Waals surface area (Å²) in [4.78, 5) is 4.99. The van der Waals surface area contributed by atoms with Crippen LogP contribution in [0.2, 0.25) is 0 Å². The molecule has 1 aromatic heterocycles. The van der Waals surface area contributed by atoms with Crippen molar-refractivity contribution in [3.05, 3.63) is 151 Å². The van der Waals surface area contributed by atoms with E-state index in [1.54, 1.807) is 0 Å². The molecule has 1 aliphatic heterocycles. The van der Waals surface area contributed by atoms with Crippen molar-refractivity contribution in [2.75, 3.05) is 0 Å². The Morgan fingerprint density at radius 3 is 2.04 bits per heavy atom. The van der Waals surface area contributed by atoms with Crippen molar-refractivity contribution in [3.63, 3.8) is 0 Å². The minimum Gasteiger partial charge on any atom is -0.449 e. The van der Waals surface area contributed by atoms with Gasteiger partial charge >= 0.3 is 0 Å². The molecule has 45 heavy (non-hydrogen) atoms. The molecule has 9 rings (SSSR count). The molecular weight excluding hydrogens is 550 g/mol. The maximum absolute atomic E-state index is 6.54. The third-order valence-electron chi connectivity index (χ3n) is 9.34. The van der Waals surface area contributed by atoms with Crippen molar-refractivity contribution < 1.29 is 9.47 Å². The van der Waals surface area contributed by atoms with Crippen LogP contribution in [-0.4, -0.2) is 4.98 Å². The minimum absolute atomic E-state index is 0.104. The zero-order chi connectivity index (χ0) is 30.1. The lowest BCUT2D eigenvalue weighted by molar-refractivity contribution is 0.359. The normalized spacial score (nSPS) is 13.6. The quantitative estimate of drug-likeness (QED) is 0.209. The van der Waals surface area contributed by atoms with Gasteiger partial charge in [0.1, 0.15) is 0 Å². The summed E-state index contributed by atoms with van der Waals surface area (Å²) in [6, 6.07) is 48.8. The van der Waals surface area contributed by atoms with Gasteiger partial charge in [-0.2, -0.15) is 0 Å². The first kappa shape index (κ1) is 25.8. The molecule has 0 saturated heterocycles. The Morgan fingerprint density at radius 2 is 1.13 bits per heavy atom. The average molecular weight is 580 g/mol. The van der Waals surface area contributed by atoms with E-state index < -0.39 is 0 Å². The molecule has 7 aromatic rings. The van der Waals surface area contributed by atoms with E-state index in [4.69, 9.17) is 14.5 Å². The van der Waals surface area contributed by atoms with Crippen molar-refractivity contribution in [1.82, 2.24) is 4.98 Å². The highest BCUT2D eigenvalue weighted by Gasteiger charge is 2.37. The van der Waals surface area contributed by atoms with Crippen LogP contribution in [0.1, 0.15) is 25.0 Å². The van der Waals surface area contributed by atoms with Gasteiger partial charge in [-0.05, 0) is 87.0 Å². The summed E-state index contributed by atoms with van der Waals surface area (Å²) in [5.41, 5.74) is 12.5. The number of hydrogen-bond acceptors (Lipinski definition) is 3. The fourth-order valence-corrected chi connectivity index (χ4v) is 7.00. The summed E-state index contributed by atoms with van der Waals surface area (Å²) < 4.78 is 13.0. The molecule has 2 aliphatic rings. The van der Waals surface area contributed by atoms with Gasteiger partial charge in [0, 0.05) is 16.4 Å². The van der Waals surface area contributed by atoms with Gasteiger partial charge in [0.25, 0.3) is 0 Å². The fourth-order valence-electron chi connectivity index (χ4n) is 7.00. The third-order valence-corrected chi connectivity index (χ3v) is 9.34. The number of hydrogen-bond donors (Lipinski definition) is 0. The first-order chi connectivity index (χ1) is 22.0. The first-order valence-electron chi connectivity index (χ1n) is 15.4. The number of pyridine rings is 1. The molecule has 3 heteroatoms. The number of rotatable bonds is 3. The monoisotopic (exact) mass is 579 g/mol. The van der Waals surface area contributed by atoms with E-state index in [0.717, 1.165) is 67.4 Å². The van der Waals surface area contributed by atoms with Gasteiger partial charge in [0.15, 0.2) is 23.0 Å². The Balaban J connectivity index is 1.06. The van der Waals surface area contributed by atoms with Crippen LogP contribution in [0.15, 0.2) is 140 Å². The number of benzene rings is 6. The molecule has 6 aromatic carbocycles. The molecule has 0 saturated carbocycles. The lowest BCUT2D eigenvalue weighted by Gasteiger charge is -2.25. The summed E-state index contributed by atoms with van der Waals surface area (Å²) in [5, 5.41) is 1.13. The Kier molecular flexibility index (Phi) is 5.54. The number of nitrogens with zero attached hydrogens (tertiary/aromatic N) is 1. The van der Waals surface area contributed by atoms with E-state index in [-0.39, 0.29) is 5.41 Å². The molecule has 0 fully saturated rings. The van der Waals surface area contributed by atoms with Crippen LogP contribution >= 0.6 is 0 Å². The van der Waals surface area contributed by atoms with Crippen LogP contribution in [0.5, 0.6) is 23.0 Å². The van der Waals surface area contributed by atoms with Crippen LogP contribution in [-0.2, 0) is 5.41 Å². The lowest BCUT2D eigenvalue weighted by atomic mass is 9.82. The van der Waals surface area contributed by atoms with E-state index in [1.807, 2.05) is 24.3 Å². The maximum Gasteiger partial charge on any atom is 0.170 e. The molecule has 0 bridgehead atoms. The van der Waals surface area contributed by atoms with Crippen LogP contribution in [0.4, 0.5) is 0 Å². The molecule has 0 spiro atoms. The predicted octanol–water partition coefficient (Wildman–Crippen LogP) is 11.4. The summed E-state index contributed by atoms with van der Waals surface area (Å²) in [6.07, 6.45) is 0. The van der Waals surface area contributed by atoms with Crippen LogP contribution < -0.4 is 9.47 Å². The highest BCUT2D eigenvalue weighted by Crippen LogP contribution is 2.55. The lowest BCUT2D eigenvalue weighted by Crippen LogP contribution is -2.15. The molecule has 0 unspecified atom stereocenters. The van der Waals surface area contributed by atoms with Gasteiger partial charge in [-0.3, -0.25) is 0 Å². The molecule has 214 valence electrons. The zero-order valence-electron chi connectivity index (χ0n) is 25.0. The van der Waals surface area contributed by atoms with E-state index in [1.165, 1.54) is 22.3 Å². The van der Waals surface area contributed by atoms with Gasteiger partial charge in [-0.25, -0.2) is 4.98 Å². The van der Waals surface area contributed by atoms with E-state index in [9.17, 15) is 0 Å². The SMILES string of the molecule is CC1(C)c2ccccc2-c2cc3c(cc21)Oc1cc(-c2cccc(-c4cccc5nc(-c6ccccc6)ccc45)c2)ccc1O3. The van der Waals surface area contributed by atoms with Gasteiger partial charge in [0.2, 0.25) is 0 Å². The van der Waals surface area contributed by atoms with Crippen molar-refractivity contribution in [2.24, 2.45) is 0 Å². The highest BCUT2D eigenvalue weighted by molar-refractivity contribution is 5.96. The van der Waals surface area contributed by atoms with E-state index in [0.29, 0.717) is 0 Å². The smallest absolute Gasteiger partial charge is 0.170 e. The highest BCUT2D eigenvalue weighted by atomic mass is 16.6. The third kappa shape index (κ3) is 4.08. The maximum atomic E-state index is 6.54. The number of fused-ring (bicyclic) bond motifs is 6. The Hall–Kier alpha value is -5.67. The van der Waals surface area contributed by atoms with Gasteiger partial charge in [-0.1, -0.05) is 111 Å². The fraction of sp³-hybridized carbons (Fsp3) is 0.0714. The second-order valence-corrected chi connectivity index (χ2v) is 12.4. The molecule has 2 heterocycles. The molecule has 0 atom stereocenters. The van der Waals surface area contributed by atoms with Gasteiger partial charge in [0.05, 0.1) is 11.2 Å². The van der Waals surface area contributed by atoms with Crippen molar-refractivity contribution >= 4 is 10.9 Å². The van der Waals surface area contributed by atoms with Gasteiger partial charge in [-0.15, -0.1) is 0 Å². The standard InChI is InChI=1S/C42H29NO2/c1-42(2)34-16-7-6-14-31(34)33-24-40-41(25-35(33)42)45-39-23-28(18-21-38(39)44-40)27-12-8-13-29(22-27)30-15-9-17-37-32(30)19-20-36(43-37)26-10-4-3-5-11-26/h3-25H,1-2H3. The van der Waals surface area contributed by atoms with Crippen LogP contribution in [0, 0.1) is 0 Å². The molecular formula is C42H29NO2. The number of aromatic nitrogens is 1. The van der Waals surface area contributed by atoms with Crippen molar-refractivity contribution in [3.8, 4) is 67.6 Å². The van der Waals surface area contributed by atoms with Crippen LogP contribution in [0.3, 0.4) is 0 Å². The van der Waals surface area contributed by atoms with Crippen LogP contribution in [0.25, 0.3) is 55.5 Å². The summed E-state index contributed by atoms with van der Waals surface area (Å²) in [6.45, 7) is 4.56. The Morgan fingerprint density at radius 1 is 0.444 bits per heavy atom.